The minimum atomic E-state index is -0.403. The highest BCUT2D eigenvalue weighted by molar-refractivity contribution is 5.85. The highest BCUT2D eigenvalue weighted by atomic mass is 16.5. The van der Waals surface area contributed by atoms with Crippen LogP contribution in [0.1, 0.15) is 52.9 Å². The molecule has 24 heavy (non-hydrogen) atoms. The van der Waals surface area contributed by atoms with Crippen molar-refractivity contribution in [3.8, 4) is 0 Å². The number of aliphatic hydroxyl groups excluding tert-OH is 2. The van der Waals surface area contributed by atoms with Gasteiger partial charge in [-0.1, -0.05) is 26.8 Å². The average Bonchev–Trinajstić information content (AvgIpc) is 2.97. The average molecular weight is 334 g/mol. The van der Waals surface area contributed by atoms with Gasteiger partial charge in [-0.05, 0) is 60.5 Å². The van der Waals surface area contributed by atoms with Crippen LogP contribution < -0.4 is 0 Å². The summed E-state index contributed by atoms with van der Waals surface area (Å²) in [5.74, 6) is 0.520. The Morgan fingerprint density at radius 2 is 2.12 bits per heavy atom. The van der Waals surface area contributed by atoms with Gasteiger partial charge in [0.05, 0.1) is 12.7 Å². The summed E-state index contributed by atoms with van der Waals surface area (Å²) in [7, 11) is 0. The molecule has 0 amide bonds. The van der Waals surface area contributed by atoms with Gasteiger partial charge in [0.25, 0.3) is 0 Å². The number of allylic oxidation sites excluding steroid dienone is 1. The van der Waals surface area contributed by atoms with Crippen LogP contribution in [0.3, 0.4) is 0 Å². The van der Waals surface area contributed by atoms with Crippen LogP contribution in [0.4, 0.5) is 0 Å². The molecule has 3 rings (SSSR count). The summed E-state index contributed by atoms with van der Waals surface area (Å²) in [6.45, 7) is 7.17. The number of fused-ring (bicyclic) bond motifs is 1. The lowest BCUT2D eigenvalue weighted by Gasteiger charge is -2.60. The summed E-state index contributed by atoms with van der Waals surface area (Å²) in [4.78, 5) is 11.3. The first kappa shape index (κ1) is 17.7. The molecule has 1 saturated carbocycles. The number of rotatable bonds is 4. The third kappa shape index (κ3) is 2.64. The van der Waals surface area contributed by atoms with Crippen LogP contribution in [0.2, 0.25) is 0 Å². The fourth-order valence-corrected chi connectivity index (χ4v) is 5.46. The second kappa shape index (κ2) is 6.30. The maximum absolute atomic E-state index is 11.3. The molecule has 1 heterocycles. The number of cyclic esters (lactones) is 1. The summed E-state index contributed by atoms with van der Waals surface area (Å²) in [6.07, 6.45) is 7.99. The molecule has 1 aliphatic heterocycles. The van der Waals surface area contributed by atoms with Gasteiger partial charge < -0.3 is 14.9 Å². The number of esters is 1. The summed E-state index contributed by atoms with van der Waals surface area (Å²) in [6, 6.07) is 0. The van der Waals surface area contributed by atoms with Crippen molar-refractivity contribution in [3.63, 3.8) is 0 Å². The predicted molar refractivity (Wildman–Crippen MR) is 92.2 cm³/mol. The second-order valence-corrected chi connectivity index (χ2v) is 8.37. The van der Waals surface area contributed by atoms with Gasteiger partial charge in [0.15, 0.2) is 0 Å². The highest BCUT2D eigenvalue weighted by Crippen LogP contribution is 2.61. The molecule has 0 spiro atoms. The lowest BCUT2D eigenvalue weighted by atomic mass is 9.46. The lowest BCUT2D eigenvalue weighted by molar-refractivity contribution is -0.135. The fraction of sp³-hybridized carbons (Fsp3) is 0.750. The molecule has 0 aromatic carbocycles. The number of hydrogen-bond acceptors (Lipinski definition) is 4. The molecule has 2 N–H and O–H groups in total. The van der Waals surface area contributed by atoms with Crippen LogP contribution in [0.15, 0.2) is 23.3 Å². The molecule has 134 valence electrons. The Bertz CT molecular complexity index is 578. The predicted octanol–water partition coefficient (Wildman–Crippen LogP) is 2.99. The number of aliphatic hydroxyl groups is 2. The van der Waals surface area contributed by atoms with Gasteiger partial charge >= 0.3 is 5.97 Å². The molecule has 1 fully saturated rings. The van der Waals surface area contributed by atoms with E-state index in [1.54, 1.807) is 6.08 Å². The van der Waals surface area contributed by atoms with Gasteiger partial charge in [-0.15, -0.1) is 0 Å². The largest absolute Gasteiger partial charge is 0.458 e. The summed E-state index contributed by atoms with van der Waals surface area (Å²) < 4.78 is 5.03. The van der Waals surface area contributed by atoms with E-state index < -0.39 is 6.10 Å². The molecule has 5 atom stereocenters. The molecular formula is C20H30O4. The van der Waals surface area contributed by atoms with Gasteiger partial charge in [-0.2, -0.15) is 0 Å². The summed E-state index contributed by atoms with van der Waals surface area (Å²) in [5.41, 5.74) is 1.82. The van der Waals surface area contributed by atoms with Crippen LogP contribution in [-0.4, -0.2) is 35.5 Å². The van der Waals surface area contributed by atoms with Gasteiger partial charge in [0.1, 0.15) is 6.61 Å². The second-order valence-electron chi connectivity index (χ2n) is 8.37. The van der Waals surface area contributed by atoms with Crippen LogP contribution in [0.25, 0.3) is 0 Å². The quantitative estimate of drug-likeness (QED) is 0.613. The summed E-state index contributed by atoms with van der Waals surface area (Å²) >= 11 is 0. The Morgan fingerprint density at radius 1 is 1.38 bits per heavy atom. The van der Waals surface area contributed by atoms with Crippen molar-refractivity contribution in [3.05, 3.63) is 23.3 Å². The van der Waals surface area contributed by atoms with Crippen LogP contribution in [0.5, 0.6) is 0 Å². The smallest absolute Gasteiger partial charge is 0.331 e. The van der Waals surface area contributed by atoms with E-state index in [1.165, 1.54) is 0 Å². The first-order valence-electron chi connectivity index (χ1n) is 9.17. The maximum atomic E-state index is 11.3. The standard InChI is InChI=1S/C20H30O4/c1-13-9-17(22)20(3)15(11-21)5-4-6-16(20)19(13,2)8-7-14-10-18(23)24-12-14/h5,10,13,16-17,21-22H,4,6-9,11-12H2,1-3H3/t13-,16-,17+,19+,20-/m0/s1. The van der Waals surface area contributed by atoms with Crippen LogP contribution in [-0.2, 0) is 9.53 Å². The topological polar surface area (TPSA) is 66.8 Å². The maximum Gasteiger partial charge on any atom is 0.331 e. The third-order valence-corrected chi connectivity index (χ3v) is 7.33. The first-order valence-corrected chi connectivity index (χ1v) is 9.17. The Morgan fingerprint density at radius 3 is 2.75 bits per heavy atom. The molecule has 0 saturated heterocycles. The SMILES string of the molecule is C[C@H]1C[C@@H](O)[C@@]2(C)C(CO)=CCC[C@H]2[C@]1(C)CCC1=CC(=O)OC1. The van der Waals surface area contributed by atoms with Crippen molar-refractivity contribution in [1.29, 1.82) is 0 Å². The Labute approximate surface area is 144 Å². The first-order chi connectivity index (χ1) is 11.3. The number of hydrogen-bond donors (Lipinski definition) is 2. The van der Waals surface area contributed by atoms with E-state index in [0.717, 1.165) is 43.3 Å². The van der Waals surface area contributed by atoms with Crippen LogP contribution in [0, 0.1) is 22.7 Å². The van der Waals surface area contributed by atoms with E-state index in [4.69, 9.17) is 4.74 Å². The molecular weight excluding hydrogens is 304 g/mol. The monoisotopic (exact) mass is 334 g/mol. The van der Waals surface area contributed by atoms with Crippen molar-refractivity contribution in [2.24, 2.45) is 22.7 Å². The molecule has 4 nitrogen and oxygen atoms in total. The number of carbonyl (C=O) groups is 1. The number of ether oxygens (including phenoxy) is 1. The molecule has 3 aliphatic rings. The zero-order valence-electron chi connectivity index (χ0n) is 15.0. The van der Waals surface area contributed by atoms with Gasteiger partial charge in [-0.25, -0.2) is 4.79 Å². The van der Waals surface area contributed by atoms with Crippen LogP contribution >= 0.6 is 0 Å². The molecule has 0 aromatic rings. The van der Waals surface area contributed by atoms with Crippen molar-refractivity contribution in [2.45, 2.75) is 59.0 Å². The van der Waals surface area contributed by atoms with Gasteiger partial charge in [0, 0.05) is 11.5 Å². The van der Waals surface area contributed by atoms with Crippen molar-refractivity contribution >= 4 is 5.97 Å². The Balaban J connectivity index is 1.87. The minimum absolute atomic E-state index is 0.0298. The van der Waals surface area contributed by atoms with Crippen molar-refractivity contribution in [2.75, 3.05) is 13.2 Å². The normalized spacial score (nSPS) is 42.2. The van der Waals surface area contributed by atoms with E-state index in [-0.39, 0.29) is 23.4 Å². The third-order valence-electron chi connectivity index (χ3n) is 7.33. The molecule has 0 aromatic heterocycles. The van der Waals surface area contributed by atoms with Gasteiger partial charge in [0.2, 0.25) is 0 Å². The van der Waals surface area contributed by atoms with E-state index in [1.807, 2.05) is 0 Å². The van der Waals surface area contributed by atoms with E-state index in [2.05, 4.69) is 26.8 Å². The Hall–Kier alpha value is -1.13. The molecule has 0 unspecified atom stereocenters. The molecule has 2 aliphatic carbocycles. The summed E-state index contributed by atoms with van der Waals surface area (Å²) in [5, 5.41) is 20.7. The zero-order chi connectivity index (χ0) is 17.5. The van der Waals surface area contributed by atoms with Gasteiger partial charge in [-0.3, -0.25) is 0 Å². The number of carbonyl (C=O) groups excluding carboxylic acids is 1. The molecule has 4 heteroatoms. The van der Waals surface area contributed by atoms with E-state index >= 15 is 0 Å². The fourth-order valence-electron chi connectivity index (χ4n) is 5.46. The molecule has 0 radical (unpaired) electrons. The highest BCUT2D eigenvalue weighted by Gasteiger charge is 2.57. The lowest BCUT2D eigenvalue weighted by Crippen LogP contribution is -2.57. The van der Waals surface area contributed by atoms with E-state index in [0.29, 0.717) is 18.4 Å². The minimum Gasteiger partial charge on any atom is -0.458 e. The zero-order valence-corrected chi connectivity index (χ0v) is 15.0. The van der Waals surface area contributed by atoms with Crippen molar-refractivity contribution in [1.82, 2.24) is 0 Å². The Kier molecular flexibility index (Phi) is 4.65. The van der Waals surface area contributed by atoms with E-state index in [9.17, 15) is 15.0 Å². The van der Waals surface area contributed by atoms with Crippen molar-refractivity contribution < 1.29 is 19.7 Å². The molecule has 0 bridgehead atoms.